The molecule has 1 fully saturated rings. The van der Waals surface area contributed by atoms with Crippen LogP contribution in [0.15, 0.2) is 18.2 Å². The molecule has 0 spiro atoms. The molecular weight excluding hydrogens is 304 g/mol. The molecule has 5 nitrogen and oxygen atoms in total. The molecule has 3 rings (SSSR count). The van der Waals surface area contributed by atoms with Gasteiger partial charge in [0.25, 0.3) is 0 Å². The maximum Gasteiger partial charge on any atom is 0.317 e. The number of aryl methyl sites for hydroxylation is 1. The van der Waals surface area contributed by atoms with Gasteiger partial charge in [0.15, 0.2) is 0 Å². The van der Waals surface area contributed by atoms with Crippen molar-refractivity contribution in [2.75, 3.05) is 33.4 Å². The van der Waals surface area contributed by atoms with Crippen molar-refractivity contribution in [3.05, 3.63) is 29.3 Å². The number of likely N-dealkylation sites (tertiary alicyclic amines) is 1. The third kappa shape index (κ3) is 3.83. The SMILES string of the molecule is COc1ccc2c(c1)CCC[C@@H]2CNC(=O)N1CCC[C@H](CO)C1. The topological polar surface area (TPSA) is 61.8 Å². The number of aliphatic hydroxyl groups excluding tert-OH is 1. The zero-order valence-corrected chi connectivity index (χ0v) is 14.5. The number of carbonyl (C=O) groups excluding carboxylic acids is 1. The van der Waals surface area contributed by atoms with E-state index in [1.807, 2.05) is 11.0 Å². The van der Waals surface area contributed by atoms with Gasteiger partial charge in [0, 0.05) is 32.2 Å². The fraction of sp³-hybridized carbons (Fsp3) is 0.632. The Kier molecular flexibility index (Phi) is 5.61. The predicted molar refractivity (Wildman–Crippen MR) is 93.5 cm³/mol. The van der Waals surface area contributed by atoms with Crippen LogP contribution in [0.1, 0.15) is 42.7 Å². The highest BCUT2D eigenvalue weighted by molar-refractivity contribution is 5.74. The lowest BCUT2D eigenvalue weighted by Gasteiger charge is -2.33. The van der Waals surface area contributed by atoms with Crippen LogP contribution in [0.4, 0.5) is 4.79 Å². The molecule has 0 bridgehead atoms. The summed E-state index contributed by atoms with van der Waals surface area (Å²) in [5.41, 5.74) is 2.69. The number of rotatable bonds is 4. The Morgan fingerprint density at radius 3 is 3.04 bits per heavy atom. The molecule has 1 heterocycles. The fourth-order valence-electron chi connectivity index (χ4n) is 3.95. The van der Waals surface area contributed by atoms with E-state index >= 15 is 0 Å². The zero-order chi connectivity index (χ0) is 16.9. The molecule has 2 atom stereocenters. The molecule has 0 radical (unpaired) electrons. The molecule has 5 heteroatoms. The first-order chi connectivity index (χ1) is 11.7. The molecule has 2 aliphatic rings. The molecule has 2 amide bonds. The summed E-state index contributed by atoms with van der Waals surface area (Å²) in [6.07, 6.45) is 5.33. The third-order valence-corrected chi connectivity index (χ3v) is 5.35. The maximum absolute atomic E-state index is 12.4. The number of aliphatic hydroxyl groups is 1. The van der Waals surface area contributed by atoms with E-state index in [0.717, 1.165) is 44.4 Å². The Hall–Kier alpha value is -1.75. The van der Waals surface area contributed by atoms with Crippen LogP contribution in [0.3, 0.4) is 0 Å². The second-order valence-electron chi connectivity index (χ2n) is 6.98. The van der Waals surface area contributed by atoms with Crippen LogP contribution in [0.25, 0.3) is 0 Å². The first-order valence-electron chi connectivity index (χ1n) is 9.01. The van der Waals surface area contributed by atoms with Gasteiger partial charge in [-0.3, -0.25) is 0 Å². The van der Waals surface area contributed by atoms with Crippen LogP contribution < -0.4 is 10.1 Å². The van der Waals surface area contributed by atoms with Crippen LogP contribution in [-0.4, -0.2) is 49.4 Å². The molecule has 0 aromatic heterocycles. The molecule has 0 unspecified atom stereocenters. The Morgan fingerprint density at radius 2 is 2.25 bits per heavy atom. The van der Waals surface area contributed by atoms with Crippen LogP contribution in [0, 0.1) is 5.92 Å². The van der Waals surface area contributed by atoms with Crippen molar-refractivity contribution >= 4 is 6.03 Å². The number of carbonyl (C=O) groups is 1. The van der Waals surface area contributed by atoms with Crippen molar-refractivity contribution in [2.45, 2.75) is 38.0 Å². The number of benzene rings is 1. The summed E-state index contributed by atoms with van der Waals surface area (Å²) >= 11 is 0. The van der Waals surface area contributed by atoms with E-state index in [4.69, 9.17) is 4.74 Å². The normalized spacial score (nSPS) is 23.5. The van der Waals surface area contributed by atoms with Gasteiger partial charge in [-0.25, -0.2) is 4.79 Å². The summed E-state index contributed by atoms with van der Waals surface area (Å²) < 4.78 is 5.32. The summed E-state index contributed by atoms with van der Waals surface area (Å²) in [6, 6.07) is 6.29. The van der Waals surface area contributed by atoms with Crippen molar-refractivity contribution in [3.63, 3.8) is 0 Å². The van der Waals surface area contributed by atoms with E-state index in [2.05, 4.69) is 17.4 Å². The molecule has 1 aromatic carbocycles. The number of fused-ring (bicyclic) bond motifs is 1. The molecular formula is C19H28N2O3. The van der Waals surface area contributed by atoms with Crippen molar-refractivity contribution in [3.8, 4) is 5.75 Å². The molecule has 0 saturated carbocycles. The first-order valence-corrected chi connectivity index (χ1v) is 9.01. The molecule has 1 aliphatic carbocycles. The Labute approximate surface area is 144 Å². The van der Waals surface area contributed by atoms with Crippen molar-refractivity contribution in [2.24, 2.45) is 5.92 Å². The molecule has 132 valence electrons. The van der Waals surface area contributed by atoms with E-state index in [-0.39, 0.29) is 18.6 Å². The lowest BCUT2D eigenvalue weighted by atomic mass is 9.82. The fourth-order valence-corrected chi connectivity index (χ4v) is 3.95. The number of ether oxygens (including phenoxy) is 1. The highest BCUT2D eigenvalue weighted by Crippen LogP contribution is 2.33. The average molecular weight is 332 g/mol. The van der Waals surface area contributed by atoms with Gasteiger partial charge in [-0.1, -0.05) is 6.07 Å². The number of amides is 2. The Balaban J connectivity index is 1.58. The van der Waals surface area contributed by atoms with Crippen LogP contribution >= 0.6 is 0 Å². The first kappa shape index (κ1) is 17.1. The smallest absolute Gasteiger partial charge is 0.317 e. The summed E-state index contributed by atoms with van der Waals surface area (Å²) in [5, 5.41) is 12.4. The van der Waals surface area contributed by atoms with Gasteiger partial charge in [0.1, 0.15) is 5.75 Å². The lowest BCUT2D eigenvalue weighted by molar-refractivity contribution is 0.129. The van der Waals surface area contributed by atoms with Gasteiger partial charge in [0.05, 0.1) is 7.11 Å². The number of hydrogen-bond donors (Lipinski definition) is 2. The van der Waals surface area contributed by atoms with Gasteiger partial charge in [0.2, 0.25) is 0 Å². The standard InChI is InChI=1S/C19H28N2O3/c1-24-17-7-8-18-15(10-17)5-2-6-16(18)11-20-19(23)21-9-3-4-14(12-21)13-22/h7-8,10,14,16,22H,2-6,9,11-13H2,1H3,(H,20,23)/t14-,16+/m0/s1. The van der Waals surface area contributed by atoms with Crippen molar-refractivity contribution in [1.29, 1.82) is 0 Å². The number of methoxy groups -OCH3 is 1. The third-order valence-electron chi connectivity index (χ3n) is 5.35. The van der Waals surface area contributed by atoms with Crippen LogP contribution in [0.2, 0.25) is 0 Å². The van der Waals surface area contributed by atoms with Crippen molar-refractivity contribution < 1.29 is 14.6 Å². The Bertz CT molecular complexity index is 576. The minimum Gasteiger partial charge on any atom is -0.497 e. The van der Waals surface area contributed by atoms with E-state index < -0.39 is 0 Å². The summed E-state index contributed by atoms with van der Waals surface area (Å²) in [4.78, 5) is 14.3. The zero-order valence-electron chi connectivity index (χ0n) is 14.5. The average Bonchev–Trinajstić information content (AvgIpc) is 2.65. The molecule has 24 heavy (non-hydrogen) atoms. The second-order valence-corrected chi connectivity index (χ2v) is 6.98. The van der Waals surface area contributed by atoms with Gasteiger partial charge in [-0.15, -0.1) is 0 Å². The molecule has 1 saturated heterocycles. The summed E-state index contributed by atoms with van der Waals surface area (Å²) in [7, 11) is 1.69. The lowest BCUT2D eigenvalue weighted by Crippen LogP contribution is -2.47. The van der Waals surface area contributed by atoms with Gasteiger partial charge in [-0.2, -0.15) is 0 Å². The highest BCUT2D eigenvalue weighted by Gasteiger charge is 2.25. The molecule has 1 aliphatic heterocycles. The predicted octanol–water partition coefficient (Wildman–Crippen LogP) is 2.53. The quantitative estimate of drug-likeness (QED) is 0.891. The van der Waals surface area contributed by atoms with Gasteiger partial charge in [-0.05, 0) is 61.3 Å². The number of piperidine rings is 1. The van der Waals surface area contributed by atoms with Crippen molar-refractivity contribution in [1.82, 2.24) is 10.2 Å². The van der Waals surface area contributed by atoms with E-state index in [0.29, 0.717) is 19.0 Å². The van der Waals surface area contributed by atoms with Crippen LogP contribution in [0.5, 0.6) is 5.75 Å². The van der Waals surface area contributed by atoms with E-state index in [1.165, 1.54) is 11.1 Å². The molecule has 2 N–H and O–H groups in total. The van der Waals surface area contributed by atoms with Gasteiger partial charge < -0.3 is 20.1 Å². The summed E-state index contributed by atoms with van der Waals surface area (Å²) in [5.74, 6) is 1.51. The maximum atomic E-state index is 12.4. The monoisotopic (exact) mass is 332 g/mol. The van der Waals surface area contributed by atoms with Gasteiger partial charge >= 0.3 is 6.03 Å². The minimum absolute atomic E-state index is 0.00813. The molecule has 1 aromatic rings. The number of hydrogen-bond acceptors (Lipinski definition) is 3. The minimum atomic E-state index is 0.00813. The second kappa shape index (κ2) is 7.88. The number of nitrogens with one attached hydrogen (secondary N) is 1. The number of urea groups is 1. The summed E-state index contributed by atoms with van der Waals surface area (Å²) in [6.45, 7) is 2.31. The van der Waals surface area contributed by atoms with E-state index in [1.54, 1.807) is 7.11 Å². The van der Waals surface area contributed by atoms with E-state index in [9.17, 15) is 9.90 Å². The Morgan fingerprint density at radius 1 is 1.38 bits per heavy atom. The largest absolute Gasteiger partial charge is 0.497 e. The number of nitrogens with zero attached hydrogens (tertiary/aromatic N) is 1. The van der Waals surface area contributed by atoms with Crippen LogP contribution in [-0.2, 0) is 6.42 Å². The highest BCUT2D eigenvalue weighted by atomic mass is 16.5.